The Morgan fingerprint density at radius 2 is 1.94 bits per heavy atom. The molecule has 0 fully saturated rings. The van der Waals surface area contributed by atoms with Crippen LogP contribution >= 0.6 is 12.6 Å². The van der Waals surface area contributed by atoms with Crippen molar-refractivity contribution in [3.8, 4) is 0 Å². The van der Waals surface area contributed by atoms with Crippen molar-refractivity contribution in [2.24, 2.45) is 0 Å². The molecular weight excluding hydrogens is 228 g/mol. The average molecular weight is 240 g/mol. The Morgan fingerprint density at radius 1 is 1.31 bits per heavy atom. The zero-order valence-electron chi connectivity index (χ0n) is 8.38. The second-order valence-corrected chi connectivity index (χ2v) is 3.40. The van der Waals surface area contributed by atoms with Crippen molar-refractivity contribution in [1.82, 2.24) is 5.32 Å². The molecule has 1 atom stereocenters. The number of carbonyl (C=O) groups excluding carboxylic acids is 1. The first-order valence-corrected chi connectivity index (χ1v) is 5.23. The molecule has 0 unspecified atom stereocenters. The minimum Gasteiger partial charge on any atom is -0.480 e. The van der Waals surface area contributed by atoms with E-state index in [0.717, 1.165) is 0 Å². The maximum Gasteiger partial charge on any atom is 0.327 e. The molecule has 0 aliphatic carbocycles. The predicted octanol–water partition coefficient (Wildman–Crippen LogP) is 1.19. The molecule has 0 radical (unpaired) electrons. The molecule has 0 heterocycles. The Bertz CT molecular complexity index is 370. The number of thiol groups is 1. The molecule has 3 N–H and O–H groups in total. The quantitative estimate of drug-likeness (QED) is 0.597. The standard InChI is InChI=1S/C10H12N2O3S/c13-9(14)8(6-16)12-10(15)11-7-4-2-1-3-5-7/h1-5,8,16H,6H2,(H,13,14)(H2,11,12,15)/t8-/m0/s1. The Hall–Kier alpha value is -1.69. The topological polar surface area (TPSA) is 78.4 Å². The maximum absolute atomic E-state index is 11.4. The van der Waals surface area contributed by atoms with Gasteiger partial charge in [-0.15, -0.1) is 0 Å². The Morgan fingerprint density at radius 3 is 2.44 bits per heavy atom. The number of hydrogen-bond acceptors (Lipinski definition) is 3. The Balaban J connectivity index is 2.50. The van der Waals surface area contributed by atoms with Crippen LogP contribution < -0.4 is 10.6 Å². The van der Waals surface area contributed by atoms with Crippen LogP contribution in [0, 0.1) is 0 Å². The van der Waals surface area contributed by atoms with Crippen molar-refractivity contribution < 1.29 is 14.7 Å². The van der Waals surface area contributed by atoms with Crippen LogP contribution in [0.2, 0.25) is 0 Å². The first-order chi connectivity index (χ1) is 7.63. The number of hydrogen-bond donors (Lipinski definition) is 4. The number of carboxylic acids is 1. The molecule has 0 spiro atoms. The molecule has 2 amide bonds. The van der Waals surface area contributed by atoms with E-state index in [0.29, 0.717) is 5.69 Å². The summed E-state index contributed by atoms with van der Waals surface area (Å²) >= 11 is 3.83. The molecule has 5 nitrogen and oxygen atoms in total. The molecule has 86 valence electrons. The molecule has 16 heavy (non-hydrogen) atoms. The van der Waals surface area contributed by atoms with Gasteiger partial charge in [0.25, 0.3) is 0 Å². The molecule has 1 rings (SSSR count). The van der Waals surface area contributed by atoms with E-state index in [-0.39, 0.29) is 5.75 Å². The number of benzene rings is 1. The second-order valence-electron chi connectivity index (χ2n) is 3.04. The van der Waals surface area contributed by atoms with E-state index < -0.39 is 18.0 Å². The van der Waals surface area contributed by atoms with Gasteiger partial charge in [-0.1, -0.05) is 18.2 Å². The summed E-state index contributed by atoms with van der Waals surface area (Å²) in [4.78, 5) is 22.0. The second kappa shape index (κ2) is 6.02. The third-order valence-electron chi connectivity index (χ3n) is 1.82. The molecular formula is C10H12N2O3S. The zero-order chi connectivity index (χ0) is 12.0. The summed E-state index contributed by atoms with van der Waals surface area (Å²) in [6.07, 6.45) is 0. The summed E-state index contributed by atoms with van der Waals surface area (Å²) in [7, 11) is 0. The monoisotopic (exact) mass is 240 g/mol. The summed E-state index contributed by atoms with van der Waals surface area (Å²) in [5.74, 6) is -1.07. The lowest BCUT2D eigenvalue weighted by atomic mass is 10.3. The van der Waals surface area contributed by atoms with Crippen molar-refractivity contribution in [3.05, 3.63) is 30.3 Å². The van der Waals surface area contributed by atoms with Gasteiger partial charge in [0.2, 0.25) is 0 Å². The highest BCUT2D eigenvalue weighted by Crippen LogP contribution is 2.04. The Labute approximate surface area is 98.3 Å². The van der Waals surface area contributed by atoms with Gasteiger partial charge in [0.1, 0.15) is 6.04 Å². The van der Waals surface area contributed by atoms with Gasteiger partial charge < -0.3 is 15.7 Å². The van der Waals surface area contributed by atoms with Crippen LogP contribution in [0.5, 0.6) is 0 Å². The van der Waals surface area contributed by atoms with Gasteiger partial charge in [0.15, 0.2) is 0 Å². The summed E-state index contributed by atoms with van der Waals surface area (Å²) in [6, 6.07) is 7.20. The fourth-order valence-electron chi connectivity index (χ4n) is 1.03. The zero-order valence-corrected chi connectivity index (χ0v) is 9.28. The number of amides is 2. The van der Waals surface area contributed by atoms with Gasteiger partial charge in [0, 0.05) is 11.4 Å². The number of anilines is 1. The maximum atomic E-state index is 11.4. The van der Waals surface area contributed by atoms with Gasteiger partial charge in [-0.3, -0.25) is 0 Å². The molecule has 6 heteroatoms. The minimum atomic E-state index is -1.11. The smallest absolute Gasteiger partial charge is 0.327 e. The van der Waals surface area contributed by atoms with Crippen molar-refractivity contribution in [2.45, 2.75) is 6.04 Å². The van der Waals surface area contributed by atoms with E-state index >= 15 is 0 Å². The van der Waals surface area contributed by atoms with Crippen molar-refractivity contribution in [3.63, 3.8) is 0 Å². The molecule has 0 aliphatic rings. The van der Waals surface area contributed by atoms with Crippen LogP contribution in [0.25, 0.3) is 0 Å². The number of rotatable bonds is 4. The Kier molecular flexibility index (Phi) is 4.65. The first kappa shape index (κ1) is 12.4. The largest absolute Gasteiger partial charge is 0.480 e. The molecule has 0 aromatic heterocycles. The third kappa shape index (κ3) is 3.82. The molecule has 0 saturated heterocycles. The number of urea groups is 1. The summed E-state index contributed by atoms with van der Waals surface area (Å²) in [6.45, 7) is 0. The summed E-state index contributed by atoms with van der Waals surface area (Å²) in [5, 5.41) is 13.5. The van der Waals surface area contributed by atoms with E-state index in [1.165, 1.54) is 0 Å². The fraction of sp³-hybridized carbons (Fsp3) is 0.200. The number of para-hydroxylation sites is 1. The highest BCUT2D eigenvalue weighted by molar-refractivity contribution is 7.80. The minimum absolute atomic E-state index is 0.0392. The van der Waals surface area contributed by atoms with E-state index in [2.05, 4.69) is 23.3 Å². The average Bonchev–Trinajstić information content (AvgIpc) is 2.27. The predicted molar refractivity (Wildman–Crippen MR) is 63.9 cm³/mol. The van der Waals surface area contributed by atoms with Gasteiger partial charge in [-0.2, -0.15) is 12.6 Å². The molecule has 1 aromatic rings. The molecule has 1 aromatic carbocycles. The highest BCUT2D eigenvalue weighted by atomic mass is 32.1. The number of nitrogens with one attached hydrogen (secondary N) is 2. The van der Waals surface area contributed by atoms with E-state index in [4.69, 9.17) is 5.11 Å². The lowest BCUT2D eigenvalue weighted by Crippen LogP contribution is -2.44. The number of carboxylic acid groups (broad SMARTS) is 1. The van der Waals surface area contributed by atoms with Gasteiger partial charge in [-0.05, 0) is 12.1 Å². The van der Waals surface area contributed by atoms with Crippen LogP contribution in [0.1, 0.15) is 0 Å². The third-order valence-corrected chi connectivity index (χ3v) is 2.18. The molecule has 0 saturated carbocycles. The summed E-state index contributed by atoms with van der Waals surface area (Å²) in [5.41, 5.74) is 0.600. The SMILES string of the molecule is O=C(Nc1ccccc1)N[C@@H](CS)C(=O)O. The van der Waals surface area contributed by atoms with E-state index in [1.54, 1.807) is 24.3 Å². The number of aliphatic carboxylic acids is 1. The van der Waals surface area contributed by atoms with Crippen LogP contribution in [-0.2, 0) is 4.79 Å². The molecule has 0 bridgehead atoms. The van der Waals surface area contributed by atoms with Crippen molar-refractivity contribution in [2.75, 3.05) is 11.1 Å². The van der Waals surface area contributed by atoms with E-state index in [9.17, 15) is 9.59 Å². The van der Waals surface area contributed by atoms with Crippen molar-refractivity contribution in [1.29, 1.82) is 0 Å². The summed E-state index contributed by atoms with van der Waals surface area (Å²) < 4.78 is 0. The van der Waals surface area contributed by atoms with Crippen LogP contribution in [0.15, 0.2) is 30.3 Å². The van der Waals surface area contributed by atoms with Gasteiger partial charge in [-0.25, -0.2) is 9.59 Å². The van der Waals surface area contributed by atoms with Gasteiger partial charge >= 0.3 is 12.0 Å². The normalized spacial score (nSPS) is 11.6. The van der Waals surface area contributed by atoms with Crippen LogP contribution in [0.3, 0.4) is 0 Å². The lowest BCUT2D eigenvalue weighted by molar-refractivity contribution is -0.138. The highest BCUT2D eigenvalue weighted by Gasteiger charge is 2.17. The van der Waals surface area contributed by atoms with Crippen molar-refractivity contribution >= 4 is 30.3 Å². The van der Waals surface area contributed by atoms with Crippen LogP contribution in [-0.4, -0.2) is 28.9 Å². The first-order valence-electron chi connectivity index (χ1n) is 4.59. The molecule has 0 aliphatic heterocycles. The van der Waals surface area contributed by atoms with E-state index in [1.807, 2.05) is 6.07 Å². The fourth-order valence-corrected chi connectivity index (χ4v) is 1.28. The van der Waals surface area contributed by atoms with Crippen LogP contribution in [0.4, 0.5) is 10.5 Å². The van der Waals surface area contributed by atoms with Gasteiger partial charge in [0.05, 0.1) is 0 Å². The lowest BCUT2D eigenvalue weighted by Gasteiger charge is -2.12. The number of carbonyl (C=O) groups is 2.